The Hall–Kier alpha value is -0.980. The molecule has 1 aromatic heterocycles. The highest BCUT2D eigenvalue weighted by Gasteiger charge is 2.30. The Morgan fingerprint density at radius 2 is 2.33 bits per heavy atom. The van der Waals surface area contributed by atoms with Crippen LogP contribution in [0.3, 0.4) is 0 Å². The largest absolute Gasteiger partial charge is 0.330 e. The molecule has 2 N–H and O–H groups in total. The van der Waals surface area contributed by atoms with Crippen molar-refractivity contribution in [3.8, 4) is 0 Å². The van der Waals surface area contributed by atoms with Crippen molar-refractivity contribution in [1.29, 1.82) is 0 Å². The molecule has 0 bridgehead atoms. The summed E-state index contributed by atoms with van der Waals surface area (Å²) in [5.74, 6) is 0.262. The fraction of sp³-hybridized carbons (Fsp3) is 0.583. The van der Waals surface area contributed by atoms with Gasteiger partial charge in [0.25, 0.3) is 10.0 Å². The Bertz CT molecular complexity index is 516. The molecule has 0 saturated carbocycles. The molecule has 5 nitrogen and oxygen atoms in total. The minimum absolute atomic E-state index is 0.139. The summed E-state index contributed by atoms with van der Waals surface area (Å²) < 4.78 is 26.4. The summed E-state index contributed by atoms with van der Waals surface area (Å²) in [5.41, 5.74) is 6.53. The second-order valence-electron chi connectivity index (χ2n) is 4.78. The molecule has 1 saturated heterocycles. The Balaban J connectivity index is 2.25. The fourth-order valence-electron chi connectivity index (χ4n) is 2.22. The zero-order valence-corrected chi connectivity index (χ0v) is 11.4. The summed E-state index contributed by atoms with van der Waals surface area (Å²) in [6, 6.07) is 3.40. The van der Waals surface area contributed by atoms with Crippen LogP contribution in [0.4, 0.5) is 0 Å². The van der Waals surface area contributed by atoms with Gasteiger partial charge < -0.3 is 5.73 Å². The average Bonchev–Trinajstić information content (AvgIpc) is 2.39. The molecule has 1 aliphatic heterocycles. The van der Waals surface area contributed by atoms with Gasteiger partial charge in [0.15, 0.2) is 5.03 Å². The molecule has 1 atom stereocenters. The lowest BCUT2D eigenvalue weighted by Gasteiger charge is -2.30. The van der Waals surface area contributed by atoms with Crippen molar-refractivity contribution in [2.75, 3.05) is 19.6 Å². The van der Waals surface area contributed by atoms with E-state index in [1.165, 1.54) is 10.5 Å². The molecule has 6 heteroatoms. The number of sulfonamides is 1. The van der Waals surface area contributed by atoms with Crippen molar-refractivity contribution in [3.05, 3.63) is 23.9 Å². The number of rotatable bonds is 3. The molecule has 2 rings (SSSR count). The first-order chi connectivity index (χ1) is 8.54. The molecule has 100 valence electrons. The molecule has 0 aromatic carbocycles. The quantitative estimate of drug-likeness (QED) is 0.878. The molecule has 0 spiro atoms. The Kier molecular flexibility index (Phi) is 3.99. The van der Waals surface area contributed by atoms with E-state index in [1.807, 2.05) is 6.92 Å². The van der Waals surface area contributed by atoms with Gasteiger partial charge in [-0.15, -0.1) is 0 Å². The zero-order valence-electron chi connectivity index (χ0n) is 10.5. The average molecular weight is 269 g/mol. The van der Waals surface area contributed by atoms with Gasteiger partial charge in [0, 0.05) is 19.3 Å². The van der Waals surface area contributed by atoms with Gasteiger partial charge in [-0.1, -0.05) is 0 Å². The molecule has 0 radical (unpaired) electrons. The van der Waals surface area contributed by atoms with E-state index in [4.69, 9.17) is 5.73 Å². The number of hydrogen-bond donors (Lipinski definition) is 1. The van der Waals surface area contributed by atoms with E-state index in [-0.39, 0.29) is 10.9 Å². The first-order valence-corrected chi connectivity index (χ1v) is 7.61. The van der Waals surface area contributed by atoms with Gasteiger partial charge in [0.05, 0.1) is 0 Å². The minimum Gasteiger partial charge on any atom is -0.330 e. The van der Waals surface area contributed by atoms with Gasteiger partial charge in [0.1, 0.15) is 0 Å². The van der Waals surface area contributed by atoms with E-state index in [0.29, 0.717) is 19.6 Å². The van der Waals surface area contributed by atoms with Gasteiger partial charge >= 0.3 is 0 Å². The summed E-state index contributed by atoms with van der Waals surface area (Å²) in [4.78, 5) is 3.98. The van der Waals surface area contributed by atoms with Crippen molar-refractivity contribution < 1.29 is 8.42 Å². The normalized spacial score (nSPS) is 22.0. The monoisotopic (exact) mass is 269 g/mol. The van der Waals surface area contributed by atoms with Crippen molar-refractivity contribution in [1.82, 2.24) is 9.29 Å². The predicted octanol–water partition coefficient (Wildman–Crippen LogP) is 0.749. The van der Waals surface area contributed by atoms with Crippen LogP contribution in [0.25, 0.3) is 0 Å². The predicted molar refractivity (Wildman–Crippen MR) is 69.5 cm³/mol. The summed E-state index contributed by atoms with van der Waals surface area (Å²) >= 11 is 0. The Morgan fingerprint density at radius 3 is 3.00 bits per heavy atom. The van der Waals surface area contributed by atoms with E-state index < -0.39 is 10.0 Å². The molecule has 0 unspecified atom stereocenters. The van der Waals surface area contributed by atoms with Crippen LogP contribution in [0.1, 0.15) is 18.4 Å². The van der Waals surface area contributed by atoms with Crippen LogP contribution in [0, 0.1) is 12.8 Å². The molecule has 18 heavy (non-hydrogen) atoms. The lowest BCUT2D eigenvalue weighted by Crippen LogP contribution is -2.42. The van der Waals surface area contributed by atoms with Crippen LogP contribution in [0.15, 0.2) is 23.4 Å². The van der Waals surface area contributed by atoms with Gasteiger partial charge in [-0.25, -0.2) is 13.4 Å². The molecule has 1 aliphatic rings. The van der Waals surface area contributed by atoms with Crippen molar-refractivity contribution in [2.24, 2.45) is 11.7 Å². The van der Waals surface area contributed by atoms with Crippen LogP contribution in [-0.4, -0.2) is 37.3 Å². The van der Waals surface area contributed by atoms with E-state index in [2.05, 4.69) is 4.98 Å². The van der Waals surface area contributed by atoms with E-state index in [0.717, 1.165) is 18.4 Å². The second kappa shape index (κ2) is 5.34. The molecule has 1 aromatic rings. The third-order valence-corrected chi connectivity index (χ3v) is 5.07. The van der Waals surface area contributed by atoms with Crippen LogP contribution in [0.2, 0.25) is 0 Å². The van der Waals surface area contributed by atoms with Gasteiger partial charge in [0.2, 0.25) is 0 Å². The maximum atomic E-state index is 12.4. The van der Waals surface area contributed by atoms with E-state index in [9.17, 15) is 8.42 Å². The number of aromatic nitrogens is 1. The van der Waals surface area contributed by atoms with E-state index >= 15 is 0 Å². The first-order valence-electron chi connectivity index (χ1n) is 6.17. The zero-order chi connectivity index (χ0) is 13.2. The number of piperidine rings is 1. The molecule has 1 fully saturated rings. The highest BCUT2D eigenvalue weighted by atomic mass is 32.2. The maximum absolute atomic E-state index is 12.4. The highest BCUT2D eigenvalue weighted by molar-refractivity contribution is 7.89. The van der Waals surface area contributed by atoms with Crippen molar-refractivity contribution >= 4 is 10.0 Å². The lowest BCUT2D eigenvalue weighted by atomic mass is 10.0. The molecule has 0 aliphatic carbocycles. The number of hydrogen-bond acceptors (Lipinski definition) is 4. The number of aryl methyl sites for hydroxylation is 1. The Morgan fingerprint density at radius 1 is 1.56 bits per heavy atom. The van der Waals surface area contributed by atoms with Crippen LogP contribution in [0.5, 0.6) is 0 Å². The van der Waals surface area contributed by atoms with Crippen LogP contribution >= 0.6 is 0 Å². The molecular weight excluding hydrogens is 250 g/mol. The standard InChI is InChI=1S/C12H19N3O2S/c1-10-4-5-14-12(7-10)18(16,17)15-6-2-3-11(8-13)9-15/h4-5,7,11H,2-3,6,8-9,13H2,1H3/t11-/m0/s1. The summed E-state index contributed by atoms with van der Waals surface area (Å²) in [7, 11) is -3.46. The third-order valence-electron chi connectivity index (χ3n) is 3.31. The molecular formula is C12H19N3O2S. The van der Waals surface area contributed by atoms with Crippen LogP contribution in [-0.2, 0) is 10.0 Å². The molecule has 2 heterocycles. The van der Waals surface area contributed by atoms with Crippen molar-refractivity contribution in [3.63, 3.8) is 0 Å². The Labute approximate surface area is 108 Å². The van der Waals surface area contributed by atoms with E-state index in [1.54, 1.807) is 12.1 Å². The second-order valence-corrected chi connectivity index (χ2v) is 6.66. The first kappa shape index (κ1) is 13.5. The number of nitrogens with zero attached hydrogens (tertiary/aromatic N) is 2. The fourth-order valence-corrected chi connectivity index (χ4v) is 3.79. The molecule has 0 amide bonds. The summed E-state index contributed by atoms with van der Waals surface area (Å²) in [5, 5.41) is 0.139. The number of pyridine rings is 1. The van der Waals surface area contributed by atoms with Crippen molar-refractivity contribution in [2.45, 2.75) is 24.8 Å². The minimum atomic E-state index is -3.46. The van der Waals surface area contributed by atoms with Gasteiger partial charge in [-0.3, -0.25) is 0 Å². The highest BCUT2D eigenvalue weighted by Crippen LogP contribution is 2.22. The summed E-state index contributed by atoms with van der Waals surface area (Å²) in [6.07, 6.45) is 3.41. The smallest absolute Gasteiger partial charge is 0.260 e. The topological polar surface area (TPSA) is 76.3 Å². The number of nitrogens with two attached hydrogens (primary N) is 1. The lowest BCUT2D eigenvalue weighted by molar-refractivity contribution is 0.271. The van der Waals surface area contributed by atoms with Crippen LogP contribution < -0.4 is 5.73 Å². The third kappa shape index (κ3) is 2.71. The van der Waals surface area contributed by atoms with Gasteiger partial charge in [-0.2, -0.15) is 4.31 Å². The maximum Gasteiger partial charge on any atom is 0.260 e. The SMILES string of the molecule is Cc1ccnc(S(=O)(=O)N2CCC[C@@H](CN)C2)c1. The summed E-state index contributed by atoms with van der Waals surface area (Å²) in [6.45, 7) is 3.47. The van der Waals surface area contributed by atoms with Gasteiger partial charge in [-0.05, 0) is 49.9 Å².